The van der Waals surface area contributed by atoms with Crippen LogP contribution in [0, 0.1) is 0 Å². The van der Waals surface area contributed by atoms with Crippen molar-refractivity contribution in [3.05, 3.63) is 99.8 Å². The van der Waals surface area contributed by atoms with Crippen LogP contribution in [0.4, 0.5) is 0 Å². The molecule has 0 bridgehead atoms. The lowest BCUT2D eigenvalue weighted by Gasteiger charge is -2.08. The largest absolute Gasteiger partial charge is 0.309 e. The van der Waals surface area contributed by atoms with E-state index in [2.05, 4.69) is 20.4 Å². The zero-order valence-corrected chi connectivity index (χ0v) is 15.7. The zero-order chi connectivity index (χ0) is 19.3. The second-order valence-corrected chi connectivity index (χ2v) is 6.69. The van der Waals surface area contributed by atoms with Gasteiger partial charge >= 0.3 is 0 Å². The molecule has 0 aliphatic carbocycles. The summed E-state index contributed by atoms with van der Waals surface area (Å²) >= 11 is 6.18. The van der Waals surface area contributed by atoms with Crippen LogP contribution in [0.5, 0.6) is 0 Å². The standard InChI is InChI=1S/C21H18ClN5O/c22-19-6-2-1-4-17(19)13-24-11-15-7-9-25-20(10-15)27-21(28)18(14-26-27)16-5-3-8-23-12-16/h1-10,12,14,24,26H,11,13H2. The first-order valence-electron chi connectivity index (χ1n) is 8.82. The molecule has 7 heteroatoms. The Labute approximate surface area is 166 Å². The highest BCUT2D eigenvalue weighted by atomic mass is 35.5. The zero-order valence-electron chi connectivity index (χ0n) is 15.0. The topological polar surface area (TPSA) is 75.6 Å². The van der Waals surface area contributed by atoms with Crippen molar-refractivity contribution in [1.82, 2.24) is 25.1 Å². The summed E-state index contributed by atoms with van der Waals surface area (Å²) in [7, 11) is 0. The minimum atomic E-state index is -0.165. The van der Waals surface area contributed by atoms with Gasteiger partial charge in [-0.05, 0) is 35.4 Å². The molecule has 2 N–H and O–H groups in total. The van der Waals surface area contributed by atoms with Crippen LogP contribution >= 0.6 is 11.6 Å². The first-order chi connectivity index (χ1) is 13.7. The lowest BCUT2D eigenvalue weighted by Crippen LogP contribution is -2.18. The number of hydrogen-bond donors (Lipinski definition) is 2. The van der Waals surface area contributed by atoms with E-state index in [1.54, 1.807) is 30.9 Å². The molecule has 28 heavy (non-hydrogen) atoms. The lowest BCUT2D eigenvalue weighted by molar-refractivity contribution is 0.690. The van der Waals surface area contributed by atoms with Crippen LogP contribution in [0.15, 0.2) is 78.1 Å². The first-order valence-corrected chi connectivity index (χ1v) is 9.20. The van der Waals surface area contributed by atoms with Crippen molar-refractivity contribution in [3.63, 3.8) is 0 Å². The minimum Gasteiger partial charge on any atom is -0.309 e. The number of halogens is 1. The Morgan fingerprint density at radius 2 is 1.96 bits per heavy atom. The van der Waals surface area contributed by atoms with Gasteiger partial charge in [0, 0.05) is 48.5 Å². The maximum absolute atomic E-state index is 12.8. The summed E-state index contributed by atoms with van der Waals surface area (Å²) in [6.45, 7) is 1.29. The predicted molar refractivity (Wildman–Crippen MR) is 109 cm³/mol. The first kappa shape index (κ1) is 18.2. The van der Waals surface area contributed by atoms with E-state index in [1.165, 1.54) is 4.68 Å². The number of rotatable bonds is 6. The van der Waals surface area contributed by atoms with E-state index in [4.69, 9.17) is 11.6 Å². The van der Waals surface area contributed by atoms with E-state index in [1.807, 2.05) is 42.5 Å². The molecular weight excluding hydrogens is 374 g/mol. The molecule has 0 spiro atoms. The Bertz CT molecular complexity index is 1140. The molecule has 0 fully saturated rings. The average Bonchev–Trinajstić information content (AvgIpc) is 3.12. The van der Waals surface area contributed by atoms with Crippen LogP contribution in [-0.2, 0) is 13.1 Å². The molecule has 0 saturated heterocycles. The Morgan fingerprint density at radius 3 is 2.79 bits per heavy atom. The Kier molecular flexibility index (Phi) is 5.32. The molecule has 4 rings (SSSR count). The summed E-state index contributed by atoms with van der Waals surface area (Å²) in [6, 6.07) is 15.2. The molecule has 0 aliphatic heterocycles. The van der Waals surface area contributed by atoms with Crippen molar-refractivity contribution in [1.29, 1.82) is 0 Å². The van der Waals surface area contributed by atoms with Crippen molar-refractivity contribution >= 4 is 11.6 Å². The van der Waals surface area contributed by atoms with Gasteiger partial charge in [-0.25, -0.2) is 9.67 Å². The number of H-pyrrole nitrogens is 1. The van der Waals surface area contributed by atoms with E-state index in [0.717, 1.165) is 21.7 Å². The van der Waals surface area contributed by atoms with Crippen molar-refractivity contribution < 1.29 is 0 Å². The maximum atomic E-state index is 12.8. The van der Waals surface area contributed by atoms with Gasteiger partial charge in [0.2, 0.25) is 0 Å². The number of nitrogens with zero attached hydrogens (tertiary/aromatic N) is 3. The molecule has 0 atom stereocenters. The molecule has 6 nitrogen and oxygen atoms in total. The summed E-state index contributed by atoms with van der Waals surface area (Å²) in [6.07, 6.45) is 6.70. The third-order valence-electron chi connectivity index (χ3n) is 4.39. The van der Waals surface area contributed by atoms with Crippen molar-refractivity contribution in [2.75, 3.05) is 0 Å². The van der Waals surface area contributed by atoms with Crippen LogP contribution in [0.25, 0.3) is 16.9 Å². The van der Waals surface area contributed by atoms with Gasteiger partial charge in [0.05, 0.1) is 5.56 Å². The van der Waals surface area contributed by atoms with Crippen LogP contribution in [0.3, 0.4) is 0 Å². The van der Waals surface area contributed by atoms with Crippen molar-refractivity contribution in [2.45, 2.75) is 13.1 Å². The highest BCUT2D eigenvalue weighted by Gasteiger charge is 2.11. The molecule has 3 heterocycles. The Hall–Kier alpha value is -3.22. The fraction of sp³-hybridized carbons (Fsp3) is 0.0952. The fourth-order valence-electron chi connectivity index (χ4n) is 2.95. The van der Waals surface area contributed by atoms with Gasteiger partial charge in [0.25, 0.3) is 5.56 Å². The molecule has 3 aromatic heterocycles. The molecule has 0 saturated carbocycles. The molecule has 0 unspecified atom stereocenters. The number of hydrogen-bond acceptors (Lipinski definition) is 4. The van der Waals surface area contributed by atoms with E-state index in [9.17, 15) is 4.79 Å². The van der Waals surface area contributed by atoms with Crippen molar-refractivity contribution in [3.8, 4) is 16.9 Å². The minimum absolute atomic E-state index is 0.165. The number of aromatic amines is 1. The molecule has 4 aromatic rings. The summed E-state index contributed by atoms with van der Waals surface area (Å²) in [5.74, 6) is 0.539. The second-order valence-electron chi connectivity index (χ2n) is 6.29. The highest BCUT2D eigenvalue weighted by molar-refractivity contribution is 6.31. The van der Waals surface area contributed by atoms with Gasteiger partial charge < -0.3 is 5.32 Å². The normalized spacial score (nSPS) is 10.9. The Balaban J connectivity index is 1.51. The van der Waals surface area contributed by atoms with E-state index < -0.39 is 0 Å². The van der Waals surface area contributed by atoms with Crippen LogP contribution in [0.1, 0.15) is 11.1 Å². The Morgan fingerprint density at radius 1 is 1.07 bits per heavy atom. The monoisotopic (exact) mass is 391 g/mol. The molecule has 1 aromatic carbocycles. The predicted octanol–water partition coefficient (Wildman–Crippen LogP) is 3.57. The second kappa shape index (κ2) is 8.21. The van der Waals surface area contributed by atoms with Gasteiger partial charge in [0.15, 0.2) is 5.82 Å². The SMILES string of the molecule is O=c1c(-c2cccnc2)c[nH]n1-c1cc(CNCc2ccccc2Cl)ccn1. The highest BCUT2D eigenvalue weighted by Crippen LogP contribution is 2.15. The molecule has 140 valence electrons. The number of aromatic nitrogens is 4. The summed E-state index contributed by atoms with van der Waals surface area (Å²) in [5.41, 5.74) is 3.21. The quantitative estimate of drug-likeness (QED) is 0.527. The third-order valence-corrected chi connectivity index (χ3v) is 4.75. The number of benzene rings is 1. The molecule has 0 radical (unpaired) electrons. The van der Waals surface area contributed by atoms with E-state index in [0.29, 0.717) is 24.5 Å². The summed E-state index contributed by atoms with van der Waals surface area (Å²) in [4.78, 5) is 21.1. The average molecular weight is 392 g/mol. The number of pyridine rings is 2. The third kappa shape index (κ3) is 3.88. The summed E-state index contributed by atoms with van der Waals surface area (Å²) in [5, 5.41) is 7.09. The van der Waals surface area contributed by atoms with Crippen LogP contribution in [0.2, 0.25) is 5.02 Å². The smallest absolute Gasteiger partial charge is 0.280 e. The van der Waals surface area contributed by atoms with Gasteiger partial charge in [0.1, 0.15) is 0 Å². The van der Waals surface area contributed by atoms with Gasteiger partial charge in [-0.15, -0.1) is 0 Å². The molecule has 0 aliphatic rings. The fourth-order valence-corrected chi connectivity index (χ4v) is 3.15. The van der Waals surface area contributed by atoms with E-state index >= 15 is 0 Å². The van der Waals surface area contributed by atoms with E-state index in [-0.39, 0.29) is 5.56 Å². The van der Waals surface area contributed by atoms with Gasteiger partial charge in [-0.2, -0.15) is 0 Å². The summed E-state index contributed by atoms with van der Waals surface area (Å²) < 4.78 is 1.43. The maximum Gasteiger partial charge on any atom is 0.280 e. The lowest BCUT2D eigenvalue weighted by atomic mass is 10.2. The number of nitrogens with one attached hydrogen (secondary N) is 2. The van der Waals surface area contributed by atoms with Crippen LogP contribution < -0.4 is 10.9 Å². The van der Waals surface area contributed by atoms with Gasteiger partial charge in [-0.3, -0.25) is 14.9 Å². The van der Waals surface area contributed by atoms with Gasteiger partial charge in [-0.1, -0.05) is 35.9 Å². The molecule has 0 amide bonds. The van der Waals surface area contributed by atoms with Crippen molar-refractivity contribution in [2.24, 2.45) is 0 Å². The molecular formula is C21H18ClN5O. The van der Waals surface area contributed by atoms with Crippen LogP contribution in [-0.4, -0.2) is 19.7 Å².